The minimum atomic E-state index is 0.0374. The van der Waals surface area contributed by atoms with Crippen molar-refractivity contribution in [3.63, 3.8) is 0 Å². The highest BCUT2D eigenvalue weighted by Gasteiger charge is 2.05. The summed E-state index contributed by atoms with van der Waals surface area (Å²) in [5.41, 5.74) is 2.05. The maximum atomic E-state index is 12.0. The van der Waals surface area contributed by atoms with Gasteiger partial charge in [0.25, 0.3) is 0 Å². The zero-order valence-corrected chi connectivity index (χ0v) is 22.3. The lowest BCUT2D eigenvalue weighted by Gasteiger charge is -2.11. The van der Waals surface area contributed by atoms with Gasteiger partial charge >= 0.3 is 0 Å². The molecule has 0 heterocycles. The average molecular weight is 474 g/mol. The van der Waals surface area contributed by atoms with Gasteiger partial charge in [-0.05, 0) is 30.5 Å². The van der Waals surface area contributed by atoms with E-state index in [1.54, 1.807) is 19.0 Å². The maximum Gasteiger partial charge on any atom is 0.239 e. The van der Waals surface area contributed by atoms with E-state index >= 15 is 0 Å². The third-order valence-corrected chi connectivity index (χ3v) is 6.39. The molecule has 0 atom stereocenters. The van der Waals surface area contributed by atoms with Crippen LogP contribution >= 0.6 is 0 Å². The van der Waals surface area contributed by atoms with Gasteiger partial charge in [0, 0.05) is 32.7 Å². The monoisotopic (exact) mass is 473 g/mol. The van der Waals surface area contributed by atoms with Crippen LogP contribution in [0.1, 0.15) is 109 Å². The van der Waals surface area contributed by atoms with Gasteiger partial charge in [-0.1, -0.05) is 103 Å². The Balaban J connectivity index is 1.93. The third kappa shape index (κ3) is 16.6. The van der Waals surface area contributed by atoms with Gasteiger partial charge in [0.2, 0.25) is 11.8 Å². The molecule has 0 aromatic heterocycles. The summed E-state index contributed by atoms with van der Waals surface area (Å²) in [6.45, 7) is 3.32. The Kier molecular flexibility index (Phi) is 17.9. The molecule has 194 valence electrons. The fourth-order valence-corrected chi connectivity index (χ4v) is 4.06. The SMILES string of the molecule is CCCCCCCCCCCCCCCCNC(=O)CNc1ccc(CCC(=O)N(C)C)cc1. The lowest BCUT2D eigenvalue weighted by atomic mass is 10.0. The summed E-state index contributed by atoms with van der Waals surface area (Å²) in [6.07, 6.45) is 20.1. The van der Waals surface area contributed by atoms with Crippen molar-refractivity contribution < 1.29 is 9.59 Å². The van der Waals surface area contributed by atoms with Crippen LogP contribution in [0, 0.1) is 0 Å². The van der Waals surface area contributed by atoms with Gasteiger partial charge in [-0.15, -0.1) is 0 Å². The number of amides is 2. The van der Waals surface area contributed by atoms with Crippen LogP contribution in [0.3, 0.4) is 0 Å². The molecule has 0 spiro atoms. The Morgan fingerprint density at radius 3 is 1.74 bits per heavy atom. The first-order valence-corrected chi connectivity index (χ1v) is 13.8. The molecule has 5 nitrogen and oxygen atoms in total. The molecule has 0 saturated heterocycles. The molecule has 2 N–H and O–H groups in total. The zero-order chi connectivity index (χ0) is 24.9. The second-order valence-corrected chi connectivity index (χ2v) is 9.78. The Morgan fingerprint density at radius 2 is 1.24 bits per heavy atom. The fraction of sp³-hybridized carbons (Fsp3) is 0.724. The van der Waals surface area contributed by atoms with Crippen LogP contribution in [0.4, 0.5) is 5.69 Å². The van der Waals surface area contributed by atoms with E-state index in [0.29, 0.717) is 6.42 Å². The molecule has 5 heteroatoms. The maximum absolute atomic E-state index is 12.0. The van der Waals surface area contributed by atoms with Crippen LogP contribution in [-0.4, -0.2) is 43.9 Å². The highest BCUT2D eigenvalue weighted by Crippen LogP contribution is 2.13. The summed E-state index contributed by atoms with van der Waals surface area (Å²) in [5, 5.41) is 6.18. The van der Waals surface area contributed by atoms with Crippen molar-refractivity contribution >= 4 is 17.5 Å². The summed E-state index contributed by atoms with van der Waals surface area (Å²) in [5.74, 6) is 0.174. The third-order valence-electron chi connectivity index (χ3n) is 6.39. The number of carbonyl (C=O) groups excluding carboxylic acids is 2. The molecule has 1 rings (SSSR count). The van der Waals surface area contributed by atoms with E-state index < -0.39 is 0 Å². The number of carbonyl (C=O) groups is 2. The predicted octanol–water partition coefficient (Wildman–Crippen LogP) is 6.72. The van der Waals surface area contributed by atoms with E-state index in [4.69, 9.17) is 0 Å². The summed E-state index contributed by atoms with van der Waals surface area (Å²) in [6, 6.07) is 7.96. The van der Waals surface area contributed by atoms with Gasteiger partial charge in [-0.25, -0.2) is 0 Å². The Hall–Kier alpha value is -2.04. The lowest BCUT2D eigenvalue weighted by molar-refractivity contribution is -0.128. The van der Waals surface area contributed by atoms with Gasteiger partial charge in [0.15, 0.2) is 0 Å². The van der Waals surface area contributed by atoms with Crippen LogP contribution in [0.15, 0.2) is 24.3 Å². The topological polar surface area (TPSA) is 61.4 Å². The first-order valence-electron chi connectivity index (χ1n) is 13.8. The minimum Gasteiger partial charge on any atom is -0.376 e. The average Bonchev–Trinajstić information content (AvgIpc) is 2.84. The highest BCUT2D eigenvalue weighted by molar-refractivity contribution is 5.80. The van der Waals surface area contributed by atoms with Crippen molar-refractivity contribution in [2.75, 3.05) is 32.5 Å². The van der Waals surface area contributed by atoms with Gasteiger partial charge in [-0.2, -0.15) is 0 Å². The molecule has 0 aliphatic rings. The number of unbranched alkanes of at least 4 members (excludes halogenated alkanes) is 13. The molecule has 1 aromatic carbocycles. The Morgan fingerprint density at radius 1 is 0.735 bits per heavy atom. The number of aryl methyl sites for hydroxylation is 1. The van der Waals surface area contributed by atoms with Crippen molar-refractivity contribution in [1.82, 2.24) is 10.2 Å². The van der Waals surface area contributed by atoms with Crippen molar-refractivity contribution in [3.05, 3.63) is 29.8 Å². The van der Waals surface area contributed by atoms with E-state index in [1.165, 1.54) is 83.5 Å². The molecule has 0 radical (unpaired) electrons. The number of anilines is 1. The summed E-state index contributed by atoms with van der Waals surface area (Å²) >= 11 is 0. The van der Waals surface area contributed by atoms with E-state index in [-0.39, 0.29) is 18.4 Å². The minimum absolute atomic E-state index is 0.0374. The van der Waals surface area contributed by atoms with Gasteiger partial charge in [0.05, 0.1) is 6.54 Å². The molecule has 0 aliphatic carbocycles. The standard InChI is InChI=1S/C29H51N3O2/c1-4-5-6-7-8-9-10-11-12-13-14-15-16-17-24-30-28(33)25-31-27-21-18-26(19-22-27)20-23-29(34)32(2)3/h18-19,21-22,31H,4-17,20,23-25H2,1-3H3,(H,30,33). The summed E-state index contributed by atoms with van der Waals surface area (Å²) in [4.78, 5) is 25.3. The first kappa shape index (κ1) is 30.0. The van der Waals surface area contributed by atoms with Crippen molar-refractivity contribution in [2.45, 2.75) is 110 Å². The van der Waals surface area contributed by atoms with E-state index in [2.05, 4.69) is 17.6 Å². The van der Waals surface area contributed by atoms with Gasteiger partial charge < -0.3 is 15.5 Å². The zero-order valence-electron chi connectivity index (χ0n) is 22.3. The molecule has 34 heavy (non-hydrogen) atoms. The molecule has 0 saturated carbocycles. The second kappa shape index (κ2) is 20.3. The Bertz CT molecular complexity index is 643. The Labute approximate surface area is 209 Å². The smallest absolute Gasteiger partial charge is 0.239 e. The van der Waals surface area contributed by atoms with Crippen LogP contribution in [0.25, 0.3) is 0 Å². The van der Waals surface area contributed by atoms with E-state index in [0.717, 1.165) is 30.6 Å². The van der Waals surface area contributed by atoms with Crippen LogP contribution in [-0.2, 0) is 16.0 Å². The largest absolute Gasteiger partial charge is 0.376 e. The summed E-state index contributed by atoms with van der Waals surface area (Å²) in [7, 11) is 3.56. The number of hydrogen-bond acceptors (Lipinski definition) is 3. The number of benzene rings is 1. The lowest BCUT2D eigenvalue weighted by Crippen LogP contribution is -2.30. The molecular formula is C29H51N3O2. The van der Waals surface area contributed by atoms with Crippen LogP contribution in [0.5, 0.6) is 0 Å². The normalized spacial score (nSPS) is 10.8. The van der Waals surface area contributed by atoms with Crippen molar-refractivity contribution in [1.29, 1.82) is 0 Å². The van der Waals surface area contributed by atoms with Gasteiger partial charge in [0.1, 0.15) is 0 Å². The molecule has 0 aliphatic heterocycles. The van der Waals surface area contributed by atoms with E-state index in [9.17, 15) is 9.59 Å². The van der Waals surface area contributed by atoms with Crippen LogP contribution < -0.4 is 10.6 Å². The molecule has 0 unspecified atom stereocenters. The number of nitrogens with zero attached hydrogens (tertiary/aromatic N) is 1. The second-order valence-electron chi connectivity index (χ2n) is 9.78. The number of rotatable bonds is 21. The molecular weight excluding hydrogens is 422 g/mol. The van der Waals surface area contributed by atoms with E-state index in [1.807, 2.05) is 24.3 Å². The quantitative estimate of drug-likeness (QED) is 0.195. The summed E-state index contributed by atoms with van der Waals surface area (Å²) < 4.78 is 0. The predicted molar refractivity (Wildman–Crippen MR) is 145 cm³/mol. The van der Waals surface area contributed by atoms with Crippen molar-refractivity contribution in [3.8, 4) is 0 Å². The molecule has 0 fully saturated rings. The first-order chi connectivity index (χ1) is 16.5. The molecule has 2 amide bonds. The van der Waals surface area contributed by atoms with Crippen LogP contribution in [0.2, 0.25) is 0 Å². The molecule has 0 bridgehead atoms. The van der Waals surface area contributed by atoms with Gasteiger partial charge in [-0.3, -0.25) is 9.59 Å². The highest BCUT2D eigenvalue weighted by atomic mass is 16.2. The van der Waals surface area contributed by atoms with Crippen molar-refractivity contribution in [2.24, 2.45) is 0 Å². The fourth-order valence-electron chi connectivity index (χ4n) is 4.06. The number of hydrogen-bond donors (Lipinski definition) is 2. The molecule has 1 aromatic rings. The number of nitrogens with one attached hydrogen (secondary N) is 2.